The van der Waals surface area contributed by atoms with Crippen LogP contribution in [0.15, 0.2) is 30.3 Å². The van der Waals surface area contributed by atoms with Gasteiger partial charge in [-0.1, -0.05) is 0 Å². The SMILES string of the molecule is Cc1sc(NC(=O)c2cc(C3CC3)[nH]n2)nc1-c1ccc(F)cc1. The van der Waals surface area contributed by atoms with Crippen LogP contribution in [0.5, 0.6) is 0 Å². The predicted octanol–water partition coefficient (Wildman–Crippen LogP) is 4.11. The summed E-state index contributed by atoms with van der Waals surface area (Å²) in [6.45, 7) is 1.92. The van der Waals surface area contributed by atoms with E-state index >= 15 is 0 Å². The van der Waals surface area contributed by atoms with Crippen LogP contribution in [0.3, 0.4) is 0 Å². The summed E-state index contributed by atoms with van der Waals surface area (Å²) < 4.78 is 13.0. The molecule has 0 aliphatic heterocycles. The number of carbonyl (C=O) groups excluding carboxylic acids is 1. The molecule has 0 spiro atoms. The Labute approximate surface area is 141 Å². The first-order valence-electron chi connectivity index (χ1n) is 7.70. The van der Waals surface area contributed by atoms with Crippen molar-refractivity contribution in [2.75, 3.05) is 5.32 Å². The van der Waals surface area contributed by atoms with E-state index in [4.69, 9.17) is 0 Å². The highest BCUT2D eigenvalue weighted by molar-refractivity contribution is 7.16. The van der Waals surface area contributed by atoms with Gasteiger partial charge < -0.3 is 0 Å². The number of aryl methyl sites for hydroxylation is 1. The van der Waals surface area contributed by atoms with Gasteiger partial charge in [0.15, 0.2) is 10.8 Å². The molecule has 2 N–H and O–H groups in total. The smallest absolute Gasteiger partial charge is 0.277 e. The summed E-state index contributed by atoms with van der Waals surface area (Å²) in [5.41, 5.74) is 2.95. The Morgan fingerprint density at radius 1 is 1.33 bits per heavy atom. The third-order valence-corrected chi connectivity index (χ3v) is 4.87. The normalized spacial score (nSPS) is 13.9. The van der Waals surface area contributed by atoms with Crippen molar-refractivity contribution < 1.29 is 9.18 Å². The van der Waals surface area contributed by atoms with Crippen molar-refractivity contribution >= 4 is 22.4 Å². The molecule has 1 aromatic carbocycles. The van der Waals surface area contributed by atoms with Crippen LogP contribution in [-0.4, -0.2) is 21.1 Å². The molecule has 2 aromatic heterocycles. The molecule has 24 heavy (non-hydrogen) atoms. The molecule has 7 heteroatoms. The van der Waals surface area contributed by atoms with Gasteiger partial charge in [-0.15, -0.1) is 11.3 Å². The average Bonchev–Trinajstić information content (AvgIpc) is 3.18. The molecule has 2 heterocycles. The van der Waals surface area contributed by atoms with Crippen LogP contribution >= 0.6 is 11.3 Å². The minimum Gasteiger partial charge on any atom is -0.296 e. The van der Waals surface area contributed by atoms with Crippen molar-refractivity contribution in [3.8, 4) is 11.3 Å². The molecule has 0 radical (unpaired) electrons. The summed E-state index contributed by atoms with van der Waals surface area (Å²) in [4.78, 5) is 17.7. The lowest BCUT2D eigenvalue weighted by molar-refractivity contribution is 0.102. The van der Waals surface area contributed by atoms with Gasteiger partial charge >= 0.3 is 0 Å². The summed E-state index contributed by atoms with van der Waals surface area (Å²) >= 11 is 1.39. The van der Waals surface area contributed by atoms with E-state index in [-0.39, 0.29) is 11.7 Å². The van der Waals surface area contributed by atoms with Gasteiger partial charge in [0, 0.05) is 22.1 Å². The number of hydrogen-bond donors (Lipinski definition) is 2. The predicted molar refractivity (Wildman–Crippen MR) is 90.8 cm³/mol. The van der Waals surface area contributed by atoms with Gasteiger partial charge in [0.25, 0.3) is 5.91 Å². The van der Waals surface area contributed by atoms with E-state index in [1.807, 2.05) is 6.92 Å². The molecule has 1 amide bonds. The monoisotopic (exact) mass is 342 g/mol. The maximum absolute atomic E-state index is 13.0. The number of hydrogen-bond acceptors (Lipinski definition) is 4. The number of amides is 1. The highest BCUT2D eigenvalue weighted by atomic mass is 32.1. The van der Waals surface area contributed by atoms with Crippen LogP contribution in [0.4, 0.5) is 9.52 Å². The molecule has 1 aliphatic rings. The Kier molecular flexibility index (Phi) is 3.65. The fourth-order valence-electron chi connectivity index (χ4n) is 2.54. The van der Waals surface area contributed by atoms with Gasteiger partial charge in [0.05, 0.1) is 5.69 Å². The molecule has 122 valence electrons. The number of H-pyrrole nitrogens is 1. The Hall–Kier alpha value is -2.54. The maximum atomic E-state index is 13.0. The summed E-state index contributed by atoms with van der Waals surface area (Å²) in [7, 11) is 0. The van der Waals surface area contributed by atoms with E-state index in [0.29, 0.717) is 16.7 Å². The van der Waals surface area contributed by atoms with Gasteiger partial charge in [-0.2, -0.15) is 5.10 Å². The fraction of sp³-hybridized carbons (Fsp3) is 0.235. The largest absolute Gasteiger partial charge is 0.296 e. The quantitative estimate of drug-likeness (QED) is 0.749. The van der Waals surface area contributed by atoms with E-state index < -0.39 is 0 Å². The molecular weight excluding hydrogens is 327 g/mol. The van der Waals surface area contributed by atoms with E-state index in [2.05, 4.69) is 20.5 Å². The summed E-state index contributed by atoms with van der Waals surface area (Å²) in [5, 5.41) is 10.3. The standard InChI is InChI=1S/C17H15FN4OS/c1-9-15(11-4-6-12(18)7-5-11)19-17(24-9)20-16(23)14-8-13(21-22-14)10-2-3-10/h4-8,10H,2-3H2,1H3,(H,21,22)(H,19,20,23). The Balaban J connectivity index is 1.53. The molecule has 0 atom stereocenters. The van der Waals surface area contributed by atoms with Crippen LogP contribution in [-0.2, 0) is 0 Å². The van der Waals surface area contributed by atoms with Crippen molar-refractivity contribution in [1.82, 2.24) is 15.2 Å². The number of nitrogens with one attached hydrogen (secondary N) is 2. The summed E-state index contributed by atoms with van der Waals surface area (Å²) in [5.74, 6) is -0.0473. The van der Waals surface area contributed by atoms with E-state index in [9.17, 15) is 9.18 Å². The Morgan fingerprint density at radius 2 is 2.08 bits per heavy atom. The summed E-state index contributed by atoms with van der Waals surface area (Å²) in [6.07, 6.45) is 2.30. The zero-order valence-electron chi connectivity index (χ0n) is 13.0. The van der Waals surface area contributed by atoms with Crippen molar-refractivity contribution in [3.63, 3.8) is 0 Å². The van der Waals surface area contributed by atoms with E-state index in [0.717, 1.165) is 34.7 Å². The number of aromatic amines is 1. The molecule has 0 saturated heterocycles. The zero-order chi connectivity index (χ0) is 16.7. The van der Waals surface area contributed by atoms with Crippen LogP contribution in [0.2, 0.25) is 0 Å². The molecule has 3 aromatic rings. The number of anilines is 1. The summed E-state index contributed by atoms with van der Waals surface area (Å²) in [6, 6.07) is 7.95. The number of carbonyl (C=O) groups is 1. The topological polar surface area (TPSA) is 70.7 Å². The van der Waals surface area contributed by atoms with E-state index in [1.165, 1.54) is 23.5 Å². The van der Waals surface area contributed by atoms with Crippen LogP contribution < -0.4 is 5.32 Å². The minimum atomic E-state index is -0.287. The molecule has 4 rings (SSSR count). The third kappa shape index (κ3) is 2.94. The maximum Gasteiger partial charge on any atom is 0.277 e. The number of rotatable bonds is 4. The molecule has 0 bridgehead atoms. The first kappa shape index (κ1) is 15.0. The fourth-order valence-corrected chi connectivity index (χ4v) is 3.37. The first-order valence-corrected chi connectivity index (χ1v) is 8.52. The second kappa shape index (κ2) is 5.83. The van der Waals surface area contributed by atoms with Gasteiger partial charge in [-0.25, -0.2) is 9.37 Å². The molecular formula is C17H15FN4OS. The van der Waals surface area contributed by atoms with Crippen molar-refractivity contribution in [1.29, 1.82) is 0 Å². The molecule has 1 saturated carbocycles. The van der Waals surface area contributed by atoms with Gasteiger partial charge in [-0.3, -0.25) is 15.2 Å². The van der Waals surface area contributed by atoms with Crippen LogP contribution in [0, 0.1) is 12.7 Å². The van der Waals surface area contributed by atoms with Crippen molar-refractivity contribution in [2.24, 2.45) is 0 Å². The first-order chi connectivity index (χ1) is 11.6. The molecule has 5 nitrogen and oxygen atoms in total. The van der Waals surface area contributed by atoms with Crippen molar-refractivity contribution in [2.45, 2.75) is 25.7 Å². The Bertz CT molecular complexity index is 896. The number of aromatic nitrogens is 3. The molecule has 0 unspecified atom stereocenters. The van der Waals surface area contributed by atoms with Gasteiger partial charge in [-0.05, 0) is 50.1 Å². The molecule has 1 aliphatic carbocycles. The van der Waals surface area contributed by atoms with Gasteiger partial charge in [0.1, 0.15) is 5.82 Å². The van der Waals surface area contributed by atoms with Crippen LogP contribution in [0.1, 0.15) is 39.8 Å². The average molecular weight is 342 g/mol. The minimum absolute atomic E-state index is 0.280. The van der Waals surface area contributed by atoms with Gasteiger partial charge in [0.2, 0.25) is 0 Å². The second-order valence-corrected chi connectivity index (χ2v) is 7.07. The highest BCUT2D eigenvalue weighted by Crippen LogP contribution is 2.39. The number of nitrogens with zero attached hydrogens (tertiary/aromatic N) is 2. The second-order valence-electron chi connectivity index (χ2n) is 5.87. The van der Waals surface area contributed by atoms with E-state index in [1.54, 1.807) is 18.2 Å². The Morgan fingerprint density at radius 3 is 2.79 bits per heavy atom. The highest BCUT2D eigenvalue weighted by Gasteiger charge is 2.26. The lowest BCUT2D eigenvalue weighted by atomic mass is 10.1. The lowest BCUT2D eigenvalue weighted by Gasteiger charge is -1.98. The number of benzene rings is 1. The molecule has 1 fully saturated rings. The number of thiazole rings is 1. The van der Waals surface area contributed by atoms with Crippen molar-refractivity contribution in [3.05, 3.63) is 52.4 Å². The lowest BCUT2D eigenvalue weighted by Crippen LogP contribution is -2.12. The van der Waals surface area contributed by atoms with Crippen LogP contribution in [0.25, 0.3) is 11.3 Å². The zero-order valence-corrected chi connectivity index (χ0v) is 13.8. The number of halogens is 1. The third-order valence-electron chi connectivity index (χ3n) is 3.98.